The van der Waals surface area contributed by atoms with Gasteiger partial charge in [-0.2, -0.15) is 5.10 Å². The lowest BCUT2D eigenvalue weighted by atomic mass is 10.1. The fourth-order valence-electron chi connectivity index (χ4n) is 1.94. The van der Waals surface area contributed by atoms with Crippen LogP contribution in [0.3, 0.4) is 0 Å². The predicted octanol–water partition coefficient (Wildman–Crippen LogP) is 2.16. The van der Waals surface area contributed by atoms with E-state index in [-0.39, 0.29) is 0 Å². The highest BCUT2D eigenvalue weighted by Gasteiger charge is 2.28. The summed E-state index contributed by atoms with van der Waals surface area (Å²) in [7, 11) is 1.95. The van der Waals surface area contributed by atoms with Crippen LogP contribution in [0.1, 0.15) is 24.5 Å². The van der Waals surface area contributed by atoms with Gasteiger partial charge in [0.2, 0.25) is 0 Å². The van der Waals surface area contributed by atoms with E-state index in [0.29, 0.717) is 11.7 Å². The van der Waals surface area contributed by atoms with E-state index in [0.717, 1.165) is 16.6 Å². The Kier molecular flexibility index (Phi) is 1.40. The van der Waals surface area contributed by atoms with Gasteiger partial charge in [0.15, 0.2) is 0 Å². The van der Waals surface area contributed by atoms with Gasteiger partial charge in [-0.05, 0) is 31.0 Å². The van der Waals surface area contributed by atoms with Crippen molar-refractivity contribution < 1.29 is 5.11 Å². The number of hydrogen-bond donors (Lipinski definition) is 1. The van der Waals surface area contributed by atoms with Gasteiger partial charge in [-0.15, -0.1) is 0 Å². The second-order valence-corrected chi connectivity index (χ2v) is 3.98. The highest BCUT2D eigenvalue weighted by Crippen LogP contribution is 2.42. The van der Waals surface area contributed by atoms with Crippen molar-refractivity contribution in [2.24, 2.45) is 7.05 Å². The maximum absolute atomic E-state index is 9.43. The molecule has 0 atom stereocenters. The van der Waals surface area contributed by atoms with E-state index in [1.807, 2.05) is 23.9 Å². The molecule has 0 bridgehead atoms. The zero-order chi connectivity index (χ0) is 9.71. The van der Waals surface area contributed by atoms with Gasteiger partial charge >= 0.3 is 0 Å². The number of aromatic nitrogens is 2. The minimum Gasteiger partial charge on any atom is -0.508 e. The summed E-state index contributed by atoms with van der Waals surface area (Å²) in [6.45, 7) is 0. The smallest absolute Gasteiger partial charge is 0.116 e. The average Bonchev–Trinajstić information content (AvgIpc) is 2.93. The van der Waals surface area contributed by atoms with Gasteiger partial charge in [0.25, 0.3) is 0 Å². The molecule has 1 aliphatic carbocycles. The van der Waals surface area contributed by atoms with Crippen LogP contribution < -0.4 is 0 Å². The lowest BCUT2D eigenvalue weighted by Gasteiger charge is -1.94. The van der Waals surface area contributed by atoms with Crippen LogP contribution in [0.15, 0.2) is 18.2 Å². The van der Waals surface area contributed by atoms with Crippen molar-refractivity contribution in [1.29, 1.82) is 0 Å². The van der Waals surface area contributed by atoms with Gasteiger partial charge in [-0.3, -0.25) is 4.68 Å². The first-order valence-corrected chi connectivity index (χ1v) is 4.91. The molecule has 1 N–H and O–H groups in total. The summed E-state index contributed by atoms with van der Waals surface area (Å²) in [6.07, 6.45) is 2.48. The maximum Gasteiger partial charge on any atom is 0.116 e. The molecule has 72 valence electrons. The van der Waals surface area contributed by atoms with E-state index >= 15 is 0 Å². The Labute approximate surface area is 82.0 Å². The molecule has 3 heteroatoms. The normalized spacial score (nSPS) is 16.4. The first-order valence-electron chi connectivity index (χ1n) is 4.91. The van der Waals surface area contributed by atoms with Crippen LogP contribution in [-0.4, -0.2) is 14.9 Å². The maximum atomic E-state index is 9.43. The van der Waals surface area contributed by atoms with E-state index in [1.165, 1.54) is 12.8 Å². The fraction of sp³-hybridized carbons (Fsp3) is 0.364. The molecule has 1 aromatic carbocycles. The standard InChI is InChI=1S/C11H12N2O/c1-13-10-5-4-8(14)6-9(10)11(12-13)7-2-3-7/h4-7,14H,2-3H2,1H3. The molecule has 0 unspecified atom stereocenters. The van der Waals surface area contributed by atoms with Crippen molar-refractivity contribution in [2.75, 3.05) is 0 Å². The van der Waals surface area contributed by atoms with Crippen LogP contribution in [0.2, 0.25) is 0 Å². The highest BCUT2D eigenvalue weighted by atomic mass is 16.3. The molecule has 3 rings (SSSR count). The molecule has 0 spiro atoms. The topological polar surface area (TPSA) is 38.0 Å². The van der Waals surface area contributed by atoms with Crippen molar-refractivity contribution in [3.63, 3.8) is 0 Å². The Morgan fingerprint density at radius 2 is 2.21 bits per heavy atom. The number of phenolic OH excluding ortho intramolecular Hbond substituents is 1. The van der Waals surface area contributed by atoms with Crippen molar-refractivity contribution in [3.8, 4) is 5.75 Å². The minimum absolute atomic E-state index is 0.326. The Bertz CT molecular complexity index is 497. The molecule has 0 aliphatic heterocycles. The Morgan fingerprint density at radius 1 is 1.43 bits per heavy atom. The van der Waals surface area contributed by atoms with E-state index < -0.39 is 0 Å². The lowest BCUT2D eigenvalue weighted by molar-refractivity contribution is 0.476. The van der Waals surface area contributed by atoms with Crippen LogP contribution in [0, 0.1) is 0 Å². The molecule has 2 aromatic rings. The molecular weight excluding hydrogens is 176 g/mol. The molecule has 0 radical (unpaired) electrons. The van der Waals surface area contributed by atoms with Gasteiger partial charge in [0, 0.05) is 18.4 Å². The number of hydrogen-bond acceptors (Lipinski definition) is 2. The third kappa shape index (κ3) is 1.02. The number of benzene rings is 1. The SMILES string of the molecule is Cn1nc(C2CC2)c2cc(O)ccc21. The van der Waals surface area contributed by atoms with E-state index in [9.17, 15) is 5.11 Å². The monoisotopic (exact) mass is 188 g/mol. The van der Waals surface area contributed by atoms with E-state index in [4.69, 9.17) is 0 Å². The molecule has 1 aliphatic rings. The molecule has 14 heavy (non-hydrogen) atoms. The molecular formula is C11H12N2O. The second kappa shape index (κ2) is 2.50. The van der Waals surface area contributed by atoms with Gasteiger partial charge in [0.05, 0.1) is 11.2 Å². The van der Waals surface area contributed by atoms with E-state index in [1.54, 1.807) is 6.07 Å². The molecule has 1 saturated carbocycles. The molecule has 0 amide bonds. The van der Waals surface area contributed by atoms with Crippen molar-refractivity contribution in [2.45, 2.75) is 18.8 Å². The van der Waals surface area contributed by atoms with Crippen LogP contribution in [0.25, 0.3) is 10.9 Å². The van der Waals surface area contributed by atoms with Gasteiger partial charge in [-0.25, -0.2) is 0 Å². The molecule has 1 aromatic heterocycles. The Balaban J connectivity index is 2.33. The van der Waals surface area contributed by atoms with Crippen LogP contribution in [0.5, 0.6) is 5.75 Å². The first-order chi connectivity index (χ1) is 6.75. The average molecular weight is 188 g/mol. The third-order valence-corrected chi connectivity index (χ3v) is 2.83. The van der Waals surface area contributed by atoms with E-state index in [2.05, 4.69) is 5.10 Å². The highest BCUT2D eigenvalue weighted by molar-refractivity contribution is 5.84. The van der Waals surface area contributed by atoms with Gasteiger partial charge in [-0.1, -0.05) is 0 Å². The van der Waals surface area contributed by atoms with Gasteiger partial charge < -0.3 is 5.11 Å². The van der Waals surface area contributed by atoms with Crippen molar-refractivity contribution >= 4 is 10.9 Å². The number of phenols is 1. The van der Waals surface area contributed by atoms with Crippen molar-refractivity contribution in [1.82, 2.24) is 9.78 Å². The van der Waals surface area contributed by atoms with Crippen LogP contribution in [-0.2, 0) is 7.05 Å². The molecule has 1 heterocycles. The summed E-state index contributed by atoms with van der Waals surface area (Å²) in [5, 5.41) is 15.0. The molecule has 3 nitrogen and oxygen atoms in total. The summed E-state index contributed by atoms with van der Waals surface area (Å²) < 4.78 is 1.89. The minimum atomic E-state index is 0.326. The summed E-state index contributed by atoms with van der Waals surface area (Å²) in [4.78, 5) is 0. The number of fused-ring (bicyclic) bond motifs is 1. The summed E-state index contributed by atoms with van der Waals surface area (Å²) in [5.41, 5.74) is 2.25. The van der Waals surface area contributed by atoms with Crippen molar-refractivity contribution in [3.05, 3.63) is 23.9 Å². The number of aromatic hydroxyl groups is 1. The predicted molar refractivity (Wildman–Crippen MR) is 54.4 cm³/mol. The van der Waals surface area contributed by atoms with Crippen LogP contribution >= 0.6 is 0 Å². The fourth-order valence-corrected chi connectivity index (χ4v) is 1.94. The number of nitrogens with zero attached hydrogens (tertiary/aromatic N) is 2. The molecule has 1 fully saturated rings. The molecule has 0 saturated heterocycles. The number of rotatable bonds is 1. The third-order valence-electron chi connectivity index (χ3n) is 2.83. The zero-order valence-corrected chi connectivity index (χ0v) is 8.07. The first kappa shape index (κ1) is 7.85. The Hall–Kier alpha value is -1.51. The zero-order valence-electron chi connectivity index (χ0n) is 8.07. The largest absolute Gasteiger partial charge is 0.508 e. The lowest BCUT2D eigenvalue weighted by Crippen LogP contribution is -1.90. The Morgan fingerprint density at radius 3 is 2.93 bits per heavy atom. The second-order valence-electron chi connectivity index (χ2n) is 3.98. The quantitative estimate of drug-likeness (QED) is 0.744. The summed E-state index contributed by atoms with van der Waals surface area (Å²) in [6, 6.07) is 5.44. The summed E-state index contributed by atoms with van der Waals surface area (Å²) in [5.74, 6) is 0.952. The number of aryl methyl sites for hydroxylation is 1. The van der Waals surface area contributed by atoms with Gasteiger partial charge in [0.1, 0.15) is 5.75 Å². The summed E-state index contributed by atoms with van der Waals surface area (Å²) >= 11 is 0. The van der Waals surface area contributed by atoms with Crippen LogP contribution in [0.4, 0.5) is 0 Å².